The first-order valence-electron chi connectivity index (χ1n) is 11.2. The van der Waals surface area contributed by atoms with E-state index in [9.17, 15) is 13.2 Å². The number of nitrogens with one attached hydrogen (secondary N) is 1. The standard InChI is InChI=1S/C26H26Cl2N2O4S/c27-23-12-11-21(17-24(23)28)30(35(32,33)22-9-5-2-6-10-22)18-25(31)29-19-26(13-15-34-16-14-26)20-7-3-1-4-8-20/h1-12,17H,13-16,18-19H2,(H,29,31). The van der Waals surface area contributed by atoms with Crippen molar-refractivity contribution < 1.29 is 17.9 Å². The highest BCUT2D eigenvalue weighted by Gasteiger charge is 2.35. The summed E-state index contributed by atoms with van der Waals surface area (Å²) in [6, 6.07) is 22.5. The van der Waals surface area contributed by atoms with Crippen molar-refractivity contribution in [2.24, 2.45) is 0 Å². The van der Waals surface area contributed by atoms with Crippen LogP contribution in [-0.2, 0) is 25.0 Å². The lowest BCUT2D eigenvalue weighted by atomic mass is 9.74. The SMILES string of the molecule is O=C(CN(c1ccc(Cl)c(Cl)c1)S(=O)(=O)c1ccccc1)NCC1(c2ccccc2)CCOCC1. The average molecular weight is 533 g/mol. The van der Waals surface area contributed by atoms with Gasteiger partial charge < -0.3 is 10.1 Å². The van der Waals surface area contributed by atoms with E-state index < -0.39 is 22.5 Å². The summed E-state index contributed by atoms with van der Waals surface area (Å²) in [7, 11) is -4.04. The molecule has 4 rings (SSSR count). The molecule has 0 unspecified atom stereocenters. The van der Waals surface area contributed by atoms with Crippen molar-refractivity contribution in [1.82, 2.24) is 5.32 Å². The fourth-order valence-electron chi connectivity index (χ4n) is 4.25. The van der Waals surface area contributed by atoms with Crippen LogP contribution in [0.25, 0.3) is 0 Å². The first-order chi connectivity index (χ1) is 16.8. The summed E-state index contributed by atoms with van der Waals surface area (Å²) >= 11 is 12.2. The van der Waals surface area contributed by atoms with Gasteiger partial charge >= 0.3 is 0 Å². The van der Waals surface area contributed by atoms with E-state index in [1.165, 1.54) is 30.3 Å². The van der Waals surface area contributed by atoms with E-state index in [0.29, 0.717) is 24.8 Å². The molecule has 0 aromatic heterocycles. The number of carbonyl (C=O) groups is 1. The monoisotopic (exact) mass is 532 g/mol. The minimum absolute atomic E-state index is 0.0732. The van der Waals surface area contributed by atoms with Crippen LogP contribution in [0.15, 0.2) is 83.8 Å². The molecule has 0 spiro atoms. The van der Waals surface area contributed by atoms with Gasteiger partial charge in [-0.3, -0.25) is 9.10 Å². The summed E-state index contributed by atoms with van der Waals surface area (Å²) in [5.41, 5.74) is 1.10. The second-order valence-electron chi connectivity index (χ2n) is 8.46. The van der Waals surface area contributed by atoms with Gasteiger partial charge in [-0.15, -0.1) is 0 Å². The van der Waals surface area contributed by atoms with Gasteiger partial charge in [0, 0.05) is 25.2 Å². The second kappa shape index (κ2) is 11.0. The third-order valence-corrected chi connectivity index (χ3v) is 8.80. The van der Waals surface area contributed by atoms with E-state index in [2.05, 4.69) is 17.4 Å². The largest absolute Gasteiger partial charge is 0.381 e. The molecule has 1 fully saturated rings. The molecule has 35 heavy (non-hydrogen) atoms. The number of hydrogen-bond donors (Lipinski definition) is 1. The van der Waals surface area contributed by atoms with Crippen LogP contribution in [0.3, 0.4) is 0 Å². The van der Waals surface area contributed by atoms with Crippen molar-refractivity contribution >= 4 is 44.8 Å². The molecule has 1 aliphatic heterocycles. The van der Waals surface area contributed by atoms with Gasteiger partial charge in [0.1, 0.15) is 6.54 Å². The zero-order valence-electron chi connectivity index (χ0n) is 19.0. The minimum Gasteiger partial charge on any atom is -0.381 e. The van der Waals surface area contributed by atoms with Crippen LogP contribution in [0.1, 0.15) is 18.4 Å². The quantitative estimate of drug-likeness (QED) is 0.440. The smallest absolute Gasteiger partial charge is 0.264 e. The third kappa shape index (κ3) is 5.81. The summed E-state index contributed by atoms with van der Waals surface area (Å²) in [4.78, 5) is 13.2. The Labute approximate surface area is 215 Å². The highest BCUT2D eigenvalue weighted by atomic mass is 35.5. The van der Waals surface area contributed by atoms with E-state index in [0.717, 1.165) is 22.7 Å². The molecule has 1 N–H and O–H groups in total. The molecule has 0 radical (unpaired) electrons. The van der Waals surface area contributed by atoms with Crippen LogP contribution in [0.2, 0.25) is 10.0 Å². The molecule has 1 amide bonds. The topological polar surface area (TPSA) is 75.7 Å². The van der Waals surface area contributed by atoms with Gasteiger partial charge in [0.15, 0.2) is 0 Å². The highest BCUT2D eigenvalue weighted by molar-refractivity contribution is 7.92. The van der Waals surface area contributed by atoms with Crippen LogP contribution >= 0.6 is 23.2 Å². The number of halogens is 2. The first kappa shape index (κ1) is 25.5. The average Bonchev–Trinajstić information content (AvgIpc) is 2.89. The molecule has 6 nitrogen and oxygen atoms in total. The summed E-state index contributed by atoms with van der Waals surface area (Å²) in [6.07, 6.45) is 1.52. The van der Waals surface area contributed by atoms with Crippen LogP contribution in [-0.4, -0.2) is 40.6 Å². The Morgan fingerprint density at radius 2 is 1.54 bits per heavy atom. The lowest BCUT2D eigenvalue weighted by Crippen LogP contribution is -2.48. The van der Waals surface area contributed by atoms with Crippen molar-refractivity contribution in [3.8, 4) is 0 Å². The van der Waals surface area contributed by atoms with Gasteiger partial charge in [-0.2, -0.15) is 0 Å². The Morgan fingerprint density at radius 1 is 0.914 bits per heavy atom. The zero-order chi connectivity index (χ0) is 24.9. The maximum absolute atomic E-state index is 13.5. The lowest BCUT2D eigenvalue weighted by Gasteiger charge is -2.38. The maximum atomic E-state index is 13.5. The molecule has 3 aromatic carbocycles. The Balaban J connectivity index is 1.59. The van der Waals surface area contributed by atoms with Crippen LogP contribution < -0.4 is 9.62 Å². The van der Waals surface area contributed by atoms with E-state index in [1.54, 1.807) is 18.2 Å². The van der Waals surface area contributed by atoms with Gasteiger partial charge in [0.25, 0.3) is 10.0 Å². The summed E-state index contributed by atoms with van der Waals surface area (Å²) in [5, 5.41) is 3.47. The van der Waals surface area contributed by atoms with Crippen LogP contribution in [0.4, 0.5) is 5.69 Å². The lowest BCUT2D eigenvalue weighted by molar-refractivity contribution is -0.120. The second-order valence-corrected chi connectivity index (χ2v) is 11.1. The fraction of sp³-hybridized carbons (Fsp3) is 0.269. The number of ether oxygens (including phenoxy) is 1. The van der Waals surface area contributed by atoms with Crippen molar-refractivity contribution in [3.63, 3.8) is 0 Å². The Morgan fingerprint density at radius 3 is 2.17 bits per heavy atom. The van der Waals surface area contributed by atoms with E-state index in [4.69, 9.17) is 27.9 Å². The van der Waals surface area contributed by atoms with E-state index >= 15 is 0 Å². The molecule has 1 heterocycles. The molecule has 1 saturated heterocycles. The third-order valence-electron chi connectivity index (χ3n) is 6.27. The van der Waals surface area contributed by atoms with Gasteiger partial charge in [-0.05, 0) is 48.7 Å². The maximum Gasteiger partial charge on any atom is 0.264 e. The first-order valence-corrected chi connectivity index (χ1v) is 13.4. The normalized spacial score (nSPS) is 15.4. The Bertz CT molecular complexity index is 1270. The number of hydrogen-bond acceptors (Lipinski definition) is 4. The van der Waals surface area contributed by atoms with Crippen LogP contribution in [0, 0.1) is 0 Å². The molecule has 9 heteroatoms. The number of rotatable bonds is 8. The summed E-state index contributed by atoms with van der Waals surface area (Å²) in [6.45, 7) is 1.17. The Hall–Kier alpha value is -2.58. The zero-order valence-corrected chi connectivity index (χ0v) is 21.3. The number of benzene rings is 3. The predicted molar refractivity (Wildman–Crippen MR) is 139 cm³/mol. The molecule has 0 bridgehead atoms. The van der Waals surface area contributed by atoms with E-state index in [-0.39, 0.29) is 21.0 Å². The molecular weight excluding hydrogens is 507 g/mol. The number of amides is 1. The van der Waals surface area contributed by atoms with Crippen molar-refractivity contribution in [1.29, 1.82) is 0 Å². The number of sulfonamides is 1. The van der Waals surface area contributed by atoms with Gasteiger partial charge in [0.05, 0.1) is 20.6 Å². The van der Waals surface area contributed by atoms with Gasteiger partial charge in [-0.25, -0.2) is 8.42 Å². The molecule has 0 saturated carbocycles. The van der Waals surface area contributed by atoms with Crippen LogP contribution in [0.5, 0.6) is 0 Å². The Kier molecular flexibility index (Phi) is 8.02. The molecule has 0 aliphatic carbocycles. The number of nitrogens with zero attached hydrogens (tertiary/aromatic N) is 1. The van der Waals surface area contributed by atoms with Gasteiger partial charge in [-0.1, -0.05) is 71.7 Å². The van der Waals surface area contributed by atoms with Gasteiger partial charge in [0.2, 0.25) is 5.91 Å². The minimum atomic E-state index is -4.04. The molecular formula is C26H26Cl2N2O4S. The molecule has 0 atom stereocenters. The highest BCUT2D eigenvalue weighted by Crippen LogP contribution is 2.34. The molecule has 1 aliphatic rings. The fourth-order valence-corrected chi connectivity index (χ4v) is 5.98. The van der Waals surface area contributed by atoms with E-state index in [1.807, 2.05) is 18.2 Å². The number of anilines is 1. The molecule has 3 aromatic rings. The van der Waals surface area contributed by atoms with Crippen molar-refractivity contribution in [2.45, 2.75) is 23.2 Å². The van der Waals surface area contributed by atoms with Crippen molar-refractivity contribution in [3.05, 3.63) is 94.5 Å². The summed E-state index contributed by atoms with van der Waals surface area (Å²) < 4.78 is 33.6. The summed E-state index contributed by atoms with van der Waals surface area (Å²) in [5.74, 6) is -0.419. The number of carbonyl (C=O) groups excluding carboxylic acids is 1. The predicted octanol–water partition coefficient (Wildman–Crippen LogP) is 5.05. The van der Waals surface area contributed by atoms with Crippen molar-refractivity contribution in [2.75, 3.05) is 30.6 Å². The molecule has 184 valence electrons.